The highest BCUT2D eigenvalue weighted by atomic mass is 19.1. The number of carboxylic acid groups (broad SMARTS) is 1. The van der Waals surface area contributed by atoms with Crippen LogP contribution in [0, 0.1) is 5.82 Å². The van der Waals surface area contributed by atoms with Crippen LogP contribution in [0.3, 0.4) is 0 Å². The van der Waals surface area contributed by atoms with E-state index in [9.17, 15) is 19.5 Å². The number of nitrogens with one attached hydrogen (secondary N) is 2. The molecule has 1 aromatic heterocycles. The zero-order chi connectivity index (χ0) is 23.5. The summed E-state index contributed by atoms with van der Waals surface area (Å²) in [5.41, 5.74) is 0.391. The summed E-state index contributed by atoms with van der Waals surface area (Å²) in [5, 5.41) is 24.1. The Morgan fingerprint density at radius 3 is 2.39 bits per heavy atom. The number of fused-ring (bicyclic) bond motifs is 1. The smallest absolute Gasteiger partial charge is 0.333 e. The van der Waals surface area contributed by atoms with E-state index in [1.54, 1.807) is 12.3 Å². The molecule has 1 aromatic carbocycles. The number of pyridine rings is 1. The van der Waals surface area contributed by atoms with Gasteiger partial charge in [-0.15, -0.1) is 0 Å². The first-order valence-electron chi connectivity index (χ1n) is 11.7. The molecule has 1 heterocycles. The standard InChI is InChI=1S/C24H30FN3O5/c25-17-10-16-20(11-18(17)26-14-6-2-1-3-7-14)28(15-8-4-5-9-15)13-19(23(16)31)27-22(30)12-21(29)24(32)33/h10-11,13-15,21,26,29H,1-9,12H2,(H,27,30)(H,32,33). The van der Waals surface area contributed by atoms with Crippen LogP contribution in [0.4, 0.5) is 15.8 Å². The Bertz CT molecular complexity index is 1100. The van der Waals surface area contributed by atoms with Gasteiger partial charge in [-0.2, -0.15) is 0 Å². The van der Waals surface area contributed by atoms with Gasteiger partial charge in [-0.3, -0.25) is 9.59 Å². The number of aliphatic carboxylic acids is 1. The number of rotatable bonds is 7. The Hall–Kier alpha value is -2.94. The van der Waals surface area contributed by atoms with Crippen LogP contribution < -0.4 is 16.1 Å². The summed E-state index contributed by atoms with van der Waals surface area (Å²) in [6.07, 6.45) is 8.29. The molecule has 8 nitrogen and oxygen atoms in total. The van der Waals surface area contributed by atoms with Gasteiger partial charge in [-0.25, -0.2) is 9.18 Å². The fraction of sp³-hybridized carbons (Fsp3) is 0.542. The summed E-state index contributed by atoms with van der Waals surface area (Å²) in [7, 11) is 0. The number of amides is 1. The average Bonchev–Trinajstić information content (AvgIpc) is 3.32. The SMILES string of the molecule is O=C(CC(O)C(=O)O)Nc1cn(C2CCCC2)c2cc(NC3CCCCC3)c(F)cc2c1=O. The molecule has 0 aliphatic heterocycles. The molecule has 0 radical (unpaired) electrons. The highest BCUT2D eigenvalue weighted by molar-refractivity contribution is 5.95. The largest absolute Gasteiger partial charge is 0.479 e. The molecule has 4 N–H and O–H groups in total. The highest BCUT2D eigenvalue weighted by Gasteiger charge is 2.24. The van der Waals surface area contributed by atoms with Gasteiger partial charge >= 0.3 is 5.97 Å². The van der Waals surface area contributed by atoms with E-state index in [1.165, 1.54) is 12.5 Å². The van der Waals surface area contributed by atoms with Crippen LogP contribution in [0.25, 0.3) is 10.9 Å². The van der Waals surface area contributed by atoms with E-state index in [2.05, 4.69) is 10.6 Å². The molecule has 1 amide bonds. The molecule has 1 unspecified atom stereocenters. The van der Waals surface area contributed by atoms with Crippen LogP contribution in [0.1, 0.15) is 70.3 Å². The number of hydrogen-bond donors (Lipinski definition) is 4. The summed E-state index contributed by atoms with van der Waals surface area (Å²) in [5.74, 6) is -2.84. The first-order chi connectivity index (χ1) is 15.8. The second-order valence-electron chi connectivity index (χ2n) is 9.15. The fourth-order valence-electron chi connectivity index (χ4n) is 4.98. The monoisotopic (exact) mass is 459 g/mol. The Morgan fingerprint density at radius 2 is 1.73 bits per heavy atom. The number of aliphatic hydroxyl groups excluding tert-OH is 1. The van der Waals surface area contributed by atoms with Crippen molar-refractivity contribution < 1.29 is 24.2 Å². The van der Waals surface area contributed by atoms with E-state index in [-0.39, 0.29) is 23.2 Å². The molecule has 0 bridgehead atoms. The third-order valence-electron chi connectivity index (χ3n) is 6.74. The van der Waals surface area contributed by atoms with Gasteiger partial charge in [-0.05, 0) is 37.8 Å². The number of benzene rings is 1. The molecule has 33 heavy (non-hydrogen) atoms. The van der Waals surface area contributed by atoms with Gasteiger partial charge in [0.15, 0.2) is 6.10 Å². The van der Waals surface area contributed by atoms with E-state index in [0.717, 1.165) is 51.4 Å². The molecular weight excluding hydrogens is 429 g/mol. The maximum atomic E-state index is 15.0. The Balaban J connectivity index is 1.72. The van der Waals surface area contributed by atoms with Crippen molar-refractivity contribution in [1.82, 2.24) is 4.57 Å². The topological polar surface area (TPSA) is 121 Å². The van der Waals surface area contributed by atoms with Crippen molar-refractivity contribution in [2.45, 2.75) is 82.4 Å². The number of carbonyl (C=O) groups excluding carboxylic acids is 1. The van der Waals surface area contributed by atoms with Crippen molar-refractivity contribution in [2.75, 3.05) is 10.6 Å². The van der Waals surface area contributed by atoms with E-state index < -0.39 is 35.6 Å². The van der Waals surface area contributed by atoms with Gasteiger partial charge in [0.2, 0.25) is 11.3 Å². The number of halogens is 1. The van der Waals surface area contributed by atoms with Gasteiger partial charge in [0, 0.05) is 18.3 Å². The molecule has 0 saturated heterocycles. The maximum Gasteiger partial charge on any atom is 0.333 e. The molecule has 1 atom stereocenters. The Kier molecular flexibility index (Phi) is 6.97. The molecule has 2 saturated carbocycles. The number of aromatic nitrogens is 1. The molecule has 9 heteroatoms. The lowest BCUT2D eigenvalue weighted by molar-refractivity contribution is -0.148. The van der Waals surface area contributed by atoms with Crippen molar-refractivity contribution in [3.8, 4) is 0 Å². The average molecular weight is 460 g/mol. The molecule has 2 fully saturated rings. The van der Waals surface area contributed by atoms with Crippen molar-refractivity contribution >= 4 is 34.2 Å². The summed E-state index contributed by atoms with van der Waals surface area (Å²) in [6, 6.07) is 3.23. The summed E-state index contributed by atoms with van der Waals surface area (Å²) >= 11 is 0. The van der Waals surface area contributed by atoms with Gasteiger partial charge < -0.3 is 25.4 Å². The quantitative estimate of drug-likeness (QED) is 0.500. The normalized spacial score (nSPS) is 18.4. The summed E-state index contributed by atoms with van der Waals surface area (Å²) in [4.78, 5) is 36.2. The second kappa shape index (κ2) is 9.91. The van der Waals surface area contributed by atoms with Gasteiger partial charge in [0.05, 0.1) is 23.0 Å². The van der Waals surface area contributed by atoms with Gasteiger partial charge in [0.1, 0.15) is 11.5 Å². The van der Waals surface area contributed by atoms with Crippen LogP contribution in [-0.4, -0.2) is 38.8 Å². The van der Waals surface area contributed by atoms with Crippen molar-refractivity contribution in [3.05, 3.63) is 34.4 Å². The lowest BCUT2D eigenvalue weighted by Gasteiger charge is -2.25. The number of carbonyl (C=O) groups is 2. The van der Waals surface area contributed by atoms with Crippen molar-refractivity contribution in [3.63, 3.8) is 0 Å². The number of hydrogen-bond acceptors (Lipinski definition) is 5. The predicted molar refractivity (Wildman–Crippen MR) is 123 cm³/mol. The molecule has 0 spiro atoms. The summed E-state index contributed by atoms with van der Waals surface area (Å²) < 4.78 is 17.0. The number of carboxylic acids is 1. The highest BCUT2D eigenvalue weighted by Crippen LogP contribution is 2.34. The van der Waals surface area contributed by atoms with E-state index in [1.807, 2.05) is 4.57 Å². The predicted octanol–water partition coefficient (Wildman–Crippen LogP) is 3.77. The zero-order valence-electron chi connectivity index (χ0n) is 18.5. The van der Waals surface area contributed by atoms with Gasteiger partial charge in [0.25, 0.3) is 0 Å². The molecule has 4 rings (SSSR count). The Labute approximate surface area is 190 Å². The third-order valence-corrected chi connectivity index (χ3v) is 6.74. The second-order valence-corrected chi connectivity index (χ2v) is 9.15. The zero-order valence-corrected chi connectivity index (χ0v) is 18.5. The number of aliphatic hydroxyl groups is 1. The Morgan fingerprint density at radius 1 is 1.06 bits per heavy atom. The first-order valence-corrected chi connectivity index (χ1v) is 11.7. The lowest BCUT2D eigenvalue weighted by Crippen LogP contribution is -2.28. The number of anilines is 2. The molecule has 2 aromatic rings. The minimum absolute atomic E-state index is 0.0515. The molecule has 2 aliphatic carbocycles. The molecular formula is C24H30FN3O5. The van der Waals surface area contributed by atoms with Crippen molar-refractivity contribution in [1.29, 1.82) is 0 Å². The minimum atomic E-state index is -1.87. The van der Waals surface area contributed by atoms with Crippen LogP contribution in [0.15, 0.2) is 23.1 Å². The van der Waals surface area contributed by atoms with E-state index in [0.29, 0.717) is 11.2 Å². The van der Waals surface area contributed by atoms with E-state index >= 15 is 4.39 Å². The maximum absolute atomic E-state index is 15.0. The third kappa shape index (κ3) is 5.19. The van der Waals surface area contributed by atoms with Crippen LogP contribution >= 0.6 is 0 Å². The van der Waals surface area contributed by atoms with Gasteiger partial charge in [-0.1, -0.05) is 32.1 Å². The minimum Gasteiger partial charge on any atom is -0.479 e. The first kappa shape index (κ1) is 23.2. The molecule has 2 aliphatic rings. The molecule has 178 valence electrons. The van der Waals surface area contributed by atoms with Crippen LogP contribution in [0.2, 0.25) is 0 Å². The lowest BCUT2D eigenvalue weighted by atomic mass is 9.95. The summed E-state index contributed by atoms with van der Waals surface area (Å²) in [6.45, 7) is 0. The van der Waals surface area contributed by atoms with Crippen LogP contribution in [-0.2, 0) is 9.59 Å². The van der Waals surface area contributed by atoms with E-state index in [4.69, 9.17) is 5.11 Å². The fourth-order valence-corrected chi connectivity index (χ4v) is 4.98. The van der Waals surface area contributed by atoms with Crippen LogP contribution in [0.5, 0.6) is 0 Å². The van der Waals surface area contributed by atoms with Crippen molar-refractivity contribution in [2.24, 2.45) is 0 Å². The number of nitrogens with zero attached hydrogens (tertiary/aromatic N) is 1.